The molecular formula is C15H17NO3. The van der Waals surface area contributed by atoms with E-state index in [0.29, 0.717) is 19.3 Å². The lowest BCUT2D eigenvalue weighted by atomic mass is 10.1. The molecule has 2 unspecified atom stereocenters. The van der Waals surface area contributed by atoms with E-state index >= 15 is 0 Å². The van der Waals surface area contributed by atoms with E-state index in [4.69, 9.17) is 10.5 Å². The van der Waals surface area contributed by atoms with Gasteiger partial charge in [-0.3, -0.25) is 4.79 Å². The van der Waals surface area contributed by atoms with Gasteiger partial charge in [0.1, 0.15) is 6.04 Å². The molecule has 0 amide bonds. The molecule has 3 N–H and O–H groups in total. The van der Waals surface area contributed by atoms with E-state index in [2.05, 4.69) is 5.73 Å². The fourth-order valence-corrected chi connectivity index (χ4v) is 1.91. The number of rotatable bonds is 4. The minimum atomic E-state index is -1.57. The smallest absolute Gasteiger partial charge is 0.326 e. The highest BCUT2D eigenvalue weighted by Gasteiger charge is 2.31. The molecule has 1 aromatic carbocycles. The van der Waals surface area contributed by atoms with Crippen molar-refractivity contribution in [3.05, 3.63) is 53.8 Å². The zero-order valence-electron chi connectivity index (χ0n) is 10.6. The number of hydrogen-bond donors (Lipinski definition) is 2. The van der Waals surface area contributed by atoms with Gasteiger partial charge in [-0.05, 0) is 24.5 Å². The first-order chi connectivity index (χ1) is 9.09. The van der Waals surface area contributed by atoms with Crippen LogP contribution >= 0.6 is 0 Å². The largest absolute Gasteiger partial charge is 0.428 e. The van der Waals surface area contributed by atoms with Gasteiger partial charge in [-0.25, -0.2) is 0 Å². The Morgan fingerprint density at radius 1 is 1.47 bits per heavy atom. The van der Waals surface area contributed by atoms with E-state index in [-0.39, 0.29) is 0 Å². The van der Waals surface area contributed by atoms with Crippen molar-refractivity contribution in [2.45, 2.75) is 31.1 Å². The van der Waals surface area contributed by atoms with Gasteiger partial charge in [0.15, 0.2) is 0 Å². The Bertz CT molecular complexity index is 505. The molecular weight excluding hydrogens is 242 g/mol. The van der Waals surface area contributed by atoms with Crippen LogP contribution in [0.1, 0.15) is 18.4 Å². The maximum absolute atomic E-state index is 11.9. The minimum absolute atomic E-state index is 0.337. The summed E-state index contributed by atoms with van der Waals surface area (Å²) in [5.74, 6) is -2.17. The number of hydrogen-bond acceptors (Lipinski definition) is 4. The maximum Gasteiger partial charge on any atom is 0.326 e. The van der Waals surface area contributed by atoms with Crippen molar-refractivity contribution in [2.24, 2.45) is 5.73 Å². The third-order valence-electron chi connectivity index (χ3n) is 2.95. The molecule has 0 spiro atoms. The molecule has 0 fully saturated rings. The topological polar surface area (TPSA) is 72.6 Å². The van der Waals surface area contributed by atoms with Gasteiger partial charge in [-0.15, -0.1) is 5.73 Å². The molecule has 0 saturated carbocycles. The molecule has 100 valence electrons. The molecule has 4 nitrogen and oxygen atoms in total. The number of ether oxygens (including phenoxy) is 1. The number of carbonyl (C=O) groups is 1. The molecule has 0 saturated heterocycles. The van der Waals surface area contributed by atoms with Crippen molar-refractivity contribution < 1.29 is 14.6 Å². The Balaban J connectivity index is 1.94. The van der Waals surface area contributed by atoms with E-state index in [0.717, 1.165) is 5.56 Å². The lowest BCUT2D eigenvalue weighted by Crippen LogP contribution is -2.42. The number of carbonyl (C=O) groups excluding carboxylic acids is 1. The van der Waals surface area contributed by atoms with Crippen molar-refractivity contribution in [1.82, 2.24) is 0 Å². The van der Waals surface area contributed by atoms with E-state index in [1.54, 1.807) is 6.08 Å². The average Bonchev–Trinajstić information content (AvgIpc) is 2.40. The Hall–Kier alpha value is -1.87. The van der Waals surface area contributed by atoms with Gasteiger partial charge in [0.25, 0.3) is 0 Å². The van der Waals surface area contributed by atoms with E-state index in [1.807, 2.05) is 30.3 Å². The molecule has 0 aromatic heterocycles. The molecule has 0 bridgehead atoms. The Kier molecular flexibility index (Phi) is 4.17. The predicted octanol–water partition coefficient (Wildman–Crippen LogP) is 1.29. The van der Waals surface area contributed by atoms with Crippen LogP contribution in [-0.4, -0.2) is 22.9 Å². The zero-order chi connectivity index (χ0) is 13.7. The average molecular weight is 259 g/mol. The number of esters is 1. The molecule has 0 radical (unpaired) electrons. The maximum atomic E-state index is 11.9. The van der Waals surface area contributed by atoms with Crippen LogP contribution < -0.4 is 5.73 Å². The molecule has 2 rings (SSSR count). The molecule has 2 atom stereocenters. The van der Waals surface area contributed by atoms with Crippen LogP contribution in [0.15, 0.2) is 48.2 Å². The van der Waals surface area contributed by atoms with E-state index < -0.39 is 17.8 Å². The third kappa shape index (κ3) is 3.80. The van der Waals surface area contributed by atoms with Gasteiger partial charge >= 0.3 is 5.97 Å². The predicted molar refractivity (Wildman–Crippen MR) is 71.1 cm³/mol. The second-order valence-electron chi connectivity index (χ2n) is 4.62. The van der Waals surface area contributed by atoms with Crippen LogP contribution in [0.3, 0.4) is 0 Å². The van der Waals surface area contributed by atoms with Crippen LogP contribution in [0.4, 0.5) is 0 Å². The van der Waals surface area contributed by atoms with Gasteiger partial charge in [-0.1, -0.05) is 30.3 Å². The SMILES string of the molecule is NC(Cc1ccccc1)C(=O)OC1(O)C=C=CCC1. The van der Waals surface area contributed by atoms with E-state index in [1.165, 1.54) is 6.08 Å². The number of nitrogens with two attached hydrogens (primary N) is 1. The van der Waals surface area contributed by atoms with Crippen LogP contribution in [-0.2, 0) is 16.0 Å². The summed E-state index contributed by atoms with van der Waals surface area (Å²) in [6, 6.07) is 8.67. The third-order valence-corrected chi connectivity index (χ3v) is 2.95. The Labute approximate surface area is 112 Å². The fraction of sp³-hybridized carbons (Fsp3) is 0.333. The lowest BCUT2D eigenvalue weighted by Gasteiger charge is -2.26. The van der Waals surface area contributed by atoms with Gasteiger partial charge in [0.05, 0.1) is 0 Å². The Morgan fingerprint density at radius 2 is 2.21 bits per heavy atom. The van der Waals surface area contributed by atoms with Gasteiger partial charge in [0.2, 0.25) is 5.79 Å². The van der Waals surface area contributed by atoms with Crippen molar-refractivity contribution in [3.8, 4) is 0 Å². The van der Waals surface area contributed by atoms with E-state index in [9.17, 15) is 9.90 Å². The molecule has 0 aliphatic heterocycles. The summed E-state index contributed by atoms with van der Waals surface area (Å²) in [6.07, 6.45) is 4.48. The van der Waals surface area contributed by atoms with Crippen LogP contribution in [0.2, 0.25) is 0 Å². The highest BCUT2D eigenvalue weighted by atomic mass is 16.7. The summed E-state index contributed by atoms with van der Waals surface area (Å²) in [7, 11) is 0. The molecule has 1 aliphatic rings. The summed E-state index contributed by atoms with van der Waals surface area (Å²) < 4.78 is 5.07. The fourth-order valence-electron chi connectivity index (χ4n) is 1.91. The first-order valence-electron chi connectivity index (χ1n) is 6.26. The van der Waals surface area contributed by atoms with Crippen LogP contribution in [0.25, 0.3) is 0 Å². The van der Waals surface area contributed by atoms with Crippen molar-refractivity contribution in [3.63, 3.8) is 0 Å². The minimum Gasteiger partial charge on any atom is -0.428 e. The Morgan fingerprint density at radius 3 is 2.84 bits per heavy atom. The quantitative estimate of drug-likeness (QED) is 0.485. The summed E-state index contributed by atoms with van der Waals surface area (Å²) in [6.45, 7) is 0. The standard InChI is InChI=1S/C15H17NO3/c16-13(11-12-7-3-1-4-8-12)14(17)19-15(18)9-5-2-6-10-15/h1-4,7-8,10,13,18H,5,9,11,16H2. The molecule has 1 aromatic rings. The van der Waals surface area contributed by atoms with Gasteiger partial charge < -0.3 is 15.6 Å². The molecule has 19 heavy (non-hydrogen) atoms. The van der Waals surface area contributed by atoms with Gasteiger partial charge in [0, 0.05) is 12.5 Å². The molecule has 4 heteroatoms. The highest BCUT2D eigenvalue weighted by Crippen LogP contribution is 2.20. The highest BCUT2D eigenvalue weighted by molar-refractivity contribution is 5.76. The van der Waals surface area contributed by atoms with Crippen LogP contribution in [0, 0.1) is 0 Å². The molecule has 1 aliphatic carbocycles. The van der Waals surface area contributed by atoms with Crippen molar-refractivity contribution >= 4 is 5.97 Å². The second-order valence-corrected chi connectivity index (χ2v) is 4.62. The summed E-state index contributed by atoms with van der Waals surface area (Å²) >= 11 is 0. The van der Waals surface area contributed by atoms with Crippen LogP contribution in [0.5, 0.6) is 0 Å². The van der Waals surface area contributed by atoms with Gasteiger partial charge in [-0.2, -0.15) is 0 Å². The zero-order valence-corrected chi connectivity index (χ0v) is 10.6. The number of benzene rings is 1. The summed E-state index contributed by atoms with van der Waals surface area (Å²) in [4.78, 5) is 11.9. The summed E-state index contributed by atoms with van der Waals surface area (Å²) in [5, 5.41) is 10.0. The first-order valence-corrected chi connectivity index (χ1v) is 6.26. The normalized spacial score (nSPS) is 23.1. The number of aliphatic hydroxyl groups is 1. The molecule has 0 heterocycles. The van der Waals surface area contributed by atoms with Crippen molar-refractivity contribution in [2.75, 3.05) is 0 Å². The second kappa shape index (κ2) is 5.85. The monoisotopic (exact) mass is 259 g/mol. The first kappa shape index (κ1) is 13.6. The lowest BCUT2D eigenvalue weighted by molar-refractivity contribution is -0.194. The van der Waals surface area contributed by atoms with Crippen molar-refractivity contribution in [1.29, 1.82) is 0 Å². The summed E-state index contributed by atoms with van der Waals surface area (Å²) in [5.41, 5.74) is 9.51.